The predicted molar refractivity (Wildman–Crippen MR) is 76.5 cm³/mol. The number of hydrogen-bond donors (Lipinski definition) is 1. The number of rotatable bonds is 4. The number of nitrogens with one attached hydrogen (secondary N) is 1. The molecule has 1 aliphatic carbocycles. The Kier molecular flexibility index (Phi) is 3.58. The van der Waals surface area contributed by atoms with Crippen LogP contribution in [-0.2, 0) is 6.42 Å². The van der Waals surface area contributed by atoms with E-state index in [2.05, 4.69) is 28.4 Å². The van der Waals surface area contributed by atoms with Gasteiger partial charge >= 0.3 is 0 Å². The van der Waals surface area contributed by atoms with Crippen molar-refractivity contribution in [3.63, 3.8) is 0 Å². The summed E-state index contributed by atoms with van der Waals surface area (Å²) in [5.74, 6) is 0.527. The van der Waals surface area contributed by atoms with Gasteiger partial charge in [0.2, 0.25) is 0 Å². The minimum absolute atomic E-state index is 0.00885. The monoisotopic (exact) mass is 279 g/mol. The Bertz CT molecular complexity index is 469. The molecular formula is C14H21N3OS. The summed E-state index contributed by atoms with van der Waals surface area (Å²) in [5, 5.41) is 3.16. The molecule has 2 fully saturated rings. The zero-order valence-electron chi connectivity index (χ0n) is 11.6. The third-order valence-electron chi connectivity index (χ3n) is 4.16. The highest BCUT2D eigenvalue weighted by atomic mass is 32.1. The van der Waals surface area contributed by atoms with E-state index in [1.807, 2.05) is 6.07 Å². The first-order chi connectivity index (χ1) is 9.17. The van der Waals surface area contributed by atoms with Crippen LogP contribution in [0, 0.1) is 5.92 Å². The smallest absolute Gasteiger partial charge is 0.271 e. The predicted octanol–water partition coefficient (Wildman–Crippen LogP) is 1.92. The fourth-order valence-corrected chi connectivity index (χ4v) is 3.40. The molecule has 2 heterocycles. The normalized spacial score (nSPS) is 27.7. The Morgan fingerprint density at radius 1 is 1.53 bits per heavy atom. The van der Waals surface area contributed by atoms with E-state index in [-0.39, 0.29) is 11.9 Å². The van der Waals surface area contributed by atoms with Gasteiger partial charge in [-0.25, -0.2) is 0 Å². The van der Waals surface area contributed by atoms with Crippen molar-refractivity contribution >= 4 is 17.4 Å². The van der Waals surface area contributed by atoms with Crippen LogP contribution in [0.3, 0.4) is 0 Å². The summed E-state index contributed by atoms with van der Waals surface area (Å²) < 4.78 is 4.24. The molecule has 104 valence electrons. The van der Waals surface area contributed by atoms with Gasteiger partial charge in [-0.3, -0.25) is 9.69 Å². The van der Waals surface area contributed by atoms with Gasteiger partial charge < -0.3 is 5.32 Å². The van der Waals surface area contributed by atoms with Crippen molar-refractivity contribution < 1.29 is 4.79 Å². The minimum atomic E-state index is -0.00885. The summed E-state index contributed by atoms with van der Waals surface area (Å²) in [7, 11) is 0. The van der Waals surface area contributed by atoms with Gasteiger partial charge in [-0.15, -0.1) is 0 Å². The lowest BCUT2D eigenvalue weighted by molar-refractivity contribution is 0.0927. The summed E-state index contributed by atoms with van der Waals surface area (Å²) in [5.41, 5.74) is 0.582. The molecule has 1 aliphatic heterocycles. The summed E-state index contributed by atoms with van der Waals surface area (Å²) in [6, 6.07) is 2.98. The van der Waals surface area contributed by atoms with Gasteiger partial charge in [0.05, 0.1) is 0 Å². The van der Waals surface area contributed by atoms with Gasteiger partial charge in [0.15, 0.2) is 0 Å². The van der Waals surface area contributed by atoms with Crippen LogP contribution in [0.15, 0.2) is 6.07 Å². The van der Waals surface area contributed by atoms with Crippen LogP contribution in [0.25, 0.3) is 0 Å². The second-order valence-electron chi connectivity index (χ2n) is 5.77. The second-order valence-corrected chi connectivity index (χ2v) is 6.66. The zero-order chi connectivity index (χ0) is 13.4. The molecule has 1 amide bonds. The van der Waals surface area contributed by atoms with Gasteiger partial charge in [-0.2, -0.15) is 4.37 Å². The number of likely N-dealkylation sites (tertiary alicyclic amines) is 1. The molecule has 0 bridgehead atoms. The third kappa shape index (κ3) is 2.82. The van der Waals surface area contributed by atoms with Crippen molar-refractivity contribution in [2.24, 2.45) is 5.92 Å². The molecular weight excluding hydrogens is 258 g/mol. The Morgan fingerprint density at radius 2 is 2.32 bits per heavy atom. The molecule has 0 spiro atoms. The number of hydrogen-bond acceptors (Lipinski definition) is 4. The molecule has 0 unspecified atom stereocenters. The van der Waals surface area contributed by atoms with Crippen molar-refractivity contribution in [1.82, 2.24) is 14.6 Å². The number of aryl methyl sites for hydroxylation is 1. The largest absolute Gasteiger partial charge is 0.346 e. The van der Waals surface area contributed by atoms with Crippen molar-refractivity contribution in [1.29, 1.82) is 0 Å². The van der Waals surface area contributed by atoms with Crippen LogP contribution in [-0.4, -0.2) is 40.4 Å². The minimum Gasteiger partial charge on any atom is -0.346 e. The van der Waals surface area contributed by atoms with Gasteiger partial charge in [-0.1, -0.05) is 13.8 Å². The van der Waals surface area contributed by atoms with Gasteiger partial charge in [0, 0.05) is 30.1 Å². The van der Waals surface area contributed by atoms with E-state index in [1.165, 1.54) is 29.3 Å². The first kappa shape index (κ1) is 13.1. The first-order valence-corrected chi connectivity index (χ1v) is 7.95. The fourth-order valence-electron chi connectivity index (χ4n) is 2.76. The lowest BCUT2D eigenvalue weighted by Gasteiger charge is -2.16. The molecule has 4 nitrogen and oxygen atoms in total. The number of nitrogens with zero attached hydrogens (tertiary/aromatic N) is 2. The summed E-state index contributed by atoms with van der Waals surface area (Å²) in [6.07, 6.45) is 3.61. The van der Waals surface area contributed by atoms with Crippen molar-refractivity contribution in [2.45, 2.75) is 45.2 Å². The van der Waals surface area contributed by atoms with E-state index in [0.717, 1.165) is 25.6 Å². The molecule has 1 saturated carbocycles. The van der Waals surface area contributed by atoms with Gasteiger partial charge in [0.25, 0.3) is 5.91 Å². The van der Waals surface area contributed by atoms with Crippen LogP contribution < -0.4 is 5.32 Å². The SMILES string of the molecule is CCc1cc(C(=O)N[C@H]2CN(C3CC3)C[C@H]2C)ns1. The average molecular weight is 279 g/mol. The maximum atomic E-state index is 12.2. The Hall–Kier alpha value is -0.940. The Balaban J connectivity index is 1.59. The molecule has 0 radical (unpaired) electrons. The average Bonchev–Trinajstić information content (AvgIpc) is 3.02. The molecule has 1 saturated heterocycles. The standard InChI is InChI=1S/C14H21N3OS/c1-3-11-6-12(16-19-11)14(18)15-13-8-17(7-9(13)2)10-4-5-10/h6,9-10,13H,3-5,7-8H2,1-2H3,(H,15,18)/t9-,13+/m1/s1. The maximum absolute atomic E-state index is 12.2. The molecule has 2 atom stereocenters. The van der Waals surface area contributed by atoms with E-state index < -0.39 is 0 Å². The molecule has 3 rings (SSSR count). The number of carbonyl (C=O) groups excluding carboxylic acids is 1. The van der Waals surface area contributed by atoms with E-state index in [1.54, 1.807) is 0 Å². The highest BCUT2D eigenvalue weighted by Crippen LogP contribution is 2.31. The second kappa shape index (κ2) is 5.21. The summed E-state index contributed by atoms with van der Waals surface area (Å²) in [6.45, 7) is 6.43. The maximum Gasteiger partial charge on any atom is 0.271 e. The molecule has 19 heavy (non-hydrogen) atoms. The number of carbonyl (C=O) groups is 1. The van der Waals surface area contributed by atoms with Gasteiger partial charge in [0.1, 0.15) is 5.69 Å². The van der Waals surface area contributed by atoms with Crippen molar-refractivity contribution in [3.8, 4) is 0 Å². The molecule has 1 aromatic rings. The van der Waals surface area contributed by atoms with Crippen molar-refractivity contribution in [3.05, 3.63) is 16.6 Å². The van der Waals surface area contributed by atoms with Crippen LogP contribution in [0.1, 0.15) is 42.1 Å². The quantitative estimate of drug-likeness (QED) is 0.916. The highest BCUT2D eigenvalue weighted by Gasteiger charge is 2.38. The van der Waals surface area contributed by atoms with E-state index in [4.69, 9.17) is 0 Å². The Labute approximate surface area is 118 Å². The lowest BCUT2D eigenvalue weighted by Crippen LogP contribution is -2.40. The topological polar surface area (TPSA) is 45.2 Å². The van der Waals surface area contributed by atoms with Crippen LogP contribution in [0.2, 0.25) is 0 Å². The third-order valence-corrected chi connectivity index (χ3v) is 5.09. The van der Waals surface area contributed by atoms with E-state index in [9.17, 15) is 4.79 Å². The fraction of sp³-hybridized carbons (Fsp3) is 0.714. The number of aromatic nitrogens is 1. The molecule has 5 heteroatoms. The van der Waals surface area contributed by atoms with E-state index in [0.29, 0.717) is 11.6 Å². The number of amides is 1. The molecule has 0 aromatic carbocycles. The lowest BCUT2D eigenvalue weighted by atomic mass is 10.1. The molecule has 2 aliphatic rings. The Morgan fingerprint density at radius 3 is 2.95 bits per heavy atom. The molecule has 1 aromatic heterocycles. The molecule has 1 N–H and O–H groups in total. The van der Waals surface area contributed by atoms with Crippen molar-refractivity contribution in [2.75, 3.05) is 13.1 Å². The highest BCUT2D eigenvalue weighted by molar-refractivity contribution is 7.05. The summed E-state index contributed by atoms with van der Waals surface area (Å²) >= 11 is 1.43. The van der Waals surface area contributed by atoms with Crippen LogP contribution >= 0.6 is 11.5 Å². The zero-order valence-corrected chi connectivity index (χ0v) is 12.4. The van der Waals surface area contributed by atoms with E-state index >= 15 is 0 Å². The van der Waals surface area contributed by atoms with Crippen LogP contribution in [0.5, 0.6) is 0 Å². The first-order valence-electron chi connectivity index (χ1n) is 7.18. The van der Waals surface area contributed by atoms with Gasteiger partial charge in [-0.05, 0) is 42.8 Å². The van der Waals surface area contributed by atoms with Crippen LogP contribution in [0.4, 0.5) is 0 Å². The summed E-state index contributed by atoms with van der Waals surface area (Å²) in [4.78, 5) is 15.9.